The third-order valence-corrected chi connectivity index (χ3v) is 2.91. The number of unbranched alkanes of at least 4 members (excludes halogenated alkanes) is 1. The molecule has 1 aromatic rings. The Morgan fingerprint density at radius 3 is 2.75 bits per heavy atom. The number of anilines is 2. The van der Waals surface area contributed by atoms with Crippen LogP contribution in [-0.4, -0.2) is 0 Å². The first kappa shape index (κ1) is 12.6. The first-order valence-corrected chi connectivity index (χ1v) is 5.94. The van der Waals surface area contributed by atoms with E-state index in [2.05, 4.69) is 13.5 Å². The molecule has 0 radical (unpaired) electrons. The summed E-state index contributed by atoms with van der Waals surface area (Å²) in [5.74, 6) is 0.459. The van der Waals surface area contributed by atoms with Crippen molar-refractivity contribution in [3.63, 3.8) is 0 Å². The Morgan fingerprint density at radius 2 is 2.12 bits per heavy atom. The zero-order chi connectivity index (χ0) is 12.0. The van der Waals surface area contributed by atoms with E-state index >= 15 is 0 Å². The van der Waals surface area contributed by atoms with Gasteiger partial charge in [-0.15, -0.1) is 6.58 Å². The Morgan fingerprint density at radius 1 is 1.38 bits per heavy atom. The third-order valence-electron chi connectivity index (χ3n) is 2.91. The van der Waals surface area contributed by atoms with Gasteiger partial charge in [0.15, 0.2) is 0 Å². The van der Waals surface area contributed by atoms with Crippen molar-refractivity contribution in [2.75, 3.05) is 11.5 Å². The predicted octanol–water partition coefficient (Wildman–Crippen LogP) is 3.70. The lowest BCUT2D eigenvalue weighted by Gasteiger charge is -2.17. The molecule has 88 valence electrons. The van der Waals surface area contributed by atoms with E-state index in [0.717, 1.165) is 24.2 Å². The normalized spacial score (nSPS) is 12.3. The van der Waals surface area contributed by atoms with Crippen molar-refractivity contribution in [2.45, 2.75) is 38.5 Å². The molecule has 0 aliphatic rings. The van der Waals surface area contributed by atoms with Crippen molar-refractivity contribution < 1.29 is 0 Å². The van der Waals surface area contributed by atoms with Crippen molar-refractivity contribution in [1.29, 1.82) is 0 Å². The summed E-state index contributed by atoms with van der Waals surface area (Å²) in [5.41, 5.74) is 14.6. The molecule has 0 amide bonds. The molecule has 0 saturated heterocycles. The highest BCUT2D eigenvalue weighted by molar-refractivity contribution is 5.56. The van der Waals surface area contributed by atoms with Crippen LogP contribution in [-0.2, 0) is 0 Å². The van der Waals surface area contributed by atoms with E-state index in [1.165, 1.54) is 18.4 Å². The smallest absolute Gasteiger partial charge is 0.0351 e. The summed E-state index contributed by atoms with van der Waals surface area (Å²) in [6.07, 6.45) is 6.50. The van der Waals surface area contributed by atoms with Crippen LogP contribution in [0.1, 0.15) is 44.1 Å². The molecule has 4 N–H and O–H groups in total. The van der Waals surface area contributed by atoms with Gasteiger partial charge in [-0.3, -0.25) is 0 Å². The summed E-state index contributed by atoms with van der Waals surface area (Å²) in [6.45, 7) is 6.02. The van der Waals surface area contributed by atoms with Crippen molar-refractivity contribution in [3.05, 3.63) is 36.4 Å². The molecule has 2 nitrogen and oxygen atoms in total. The molecular weight excluding hydrogens is 196 g/mol. The summed E-state index contributed by atoms with van der Waals surface area (Å²) in [6, 6.07) is 5.75. The Hall–Kier alpha value is -1.44. The zero-order valence-electron chi connectivity index (χ0n) is 10.1. The van der Waals surface area contributed by atoms with Crippen LogP contribution in [0.5, 0.6) is 0 Å². The Balaban J connectivity index is 2.90. The molecule has 1 aromatic carbocycles. The van der Waals surface area contributed by atoms with Gasteiger partial charge in [0, 0.05) is 11.4 Å². The number of nitrogens with two attached hydrogens (primary N) is 2. The van der Waals surface area contributed by atoms with Crippen LogP contribution < -0.4 is 11.5 Å². The first-order valence-electron chi connectivity index (χ1n) is 5.94. The second-order valence-corrected chi connectivity index (χ2v) is 4.25. The van der Waals surface area contributed by atoms with Gasteiger partial charge in [-0.1, -0.05) is 25.8 Å². The van der Waals surface area contributed by atoms with Gasteiger partial charge in [-0.05, 0) is 42.5 Å². The zero-order valence-corrected chi connectivity index (χ0v) is 10.1. The maximum Gasteiger partial charge on any atom is 0.0351 e. The van der Waals surface area contributed by atoms with Crippen LogP contribution in [0.15, 0.2) is 30.9 Å². The summed E-state index contributed by atoms with van der Waals surface area (Å²) in [5, 5.41) is 0. The molecule has 0 bridgehead atoms. The number of allylic oxidation sites excluding steroid dienone is 1. The fourth-order valence-corrected chi connectivity index (χ4v) is 2.00. The highest BCUT2D eigenvalue weighted by Gasteiger charge is 2.12. The van der Waals surface area contributed by atoms with E-state index < -0.39 is 0 Å². The largest absolute Gasteiger partial charge is 0.399 e. The summed E-state index contributed by atoms with van der Waals surface area (Å²) in [7, 11) is 0. The second kappa shape index (κ2) is 6.21. The standard InChI is InChI=1S/C14H22N2/c1-3-5-7-11(6-4-2)13-10-12(15)8-9-14(13)16/h4,8-11H,2-3,5-7,15-16H2,1H3. The number of rotatable bonds is 6. The predicted molar refractivity (Wildman–Crippen MR) is 72.3 cm³/mol. The molecule has 1 unspecified atom stereocenters. The van der Waals surface area contributed by atoms with Gasteiger partial charge < -0.3 is 11.5 Å². The highest BCUT2D eigenvalue weighted by atomic mass is 14.6. The fraction of sp³-hybridized carbons (Fsp3) is 0.429. The molecule has 0 saturated carbocycles. The molecule has 0 aliphatic heterocycles. The van der Waals surface area contributed by atoms with E-state index in [1.54, 1.807) is 0 Å². The van der Waals surface area contributed by atoms with Crippen LogP contribution in [0.25, 0.3) is 0 Å². The van der Waals surface area contributed by atoms with Crippen LogP contribution >= 0.6 is 0 Å². The second-order valence-electron chi connectivity index (χ2n) is 4.25. The van der Waals surface area contributed by atoms with Gasteiger partial charge >= 0.3 is 0 Å². The molecular formula is C14H22N2. The van der Waals surface area contributed by atoms with Gasteiger partial charge in [-0.25, -0.2) is 0 Å². The number of nitrogen functional groups attached to an aromatic ring is 2. The summed E-state index contributed by atoms with van der Waals surface area (Å²) in [4.78, 5) is 0. The summed E-state index contributed by atoms with van der Waals surface area (Å²) >= 11 is 0. The van der Waals surface area contributed by atoms with E-state index in [1.807, 2.05) is 24.3 Å². The Kier molecular flexibility index (Phi) is 4.90. The average molecular weight is 218 g/mol. The lowest BCUT2D eigenvalue weighted by molar-refractivity contribution is 0.591. The minimum atomic E-state index is 0.459. The number of hydrogen-bond acceptors (Lipinski definition) is 2. The first-order chi connectivity index (χ1) is 7.69. The van der Waals surface area contributed by atoms with Crippen molar-refractivity contribution in [2.24, 2.45) is 0 Å². The fourth-order valence-electron chi connectivity index (χ4n) is 2.00. The van der Waals surface area contributed by atoms with Gasteiger partial charge in [0.05, 0.1) is 0 Å². The molecule has 1 rings (SSSR count). The van der Waals surface area contributed by atoms with Gasteiger partial charge in [0.25, 0.3) is 0 Å². The molecule has 0 fully saturated rings. The van der Waals surface area contributed by atoms with E-state index in [-0.39, 0.29) is 0 Å². The highest BCUT2D eigenvalue weighted by Crippen LogP contribution is 2.31. The Labute approximate surface area is 98.3 Å². The quantitative estimate of drug-likeness (QED) is 0.565. The van der Waals surface area contributed by atoms with Crippen LogP contribution in [0, 0.1) is 0 Å². The Bertz CT molecular complexity index is 345. The monoisotopic (exact) mass is 218 g/mol. The minimum absolute atomic E-state index is 0.459. The van der Waals surface area contributed by atoms with E-state index in [9.17, 15) is 0 Å². The maximum atomic E-state index is 6.00. The average Bonchev–Trinajstić information content (AvgIpc) is 2.28. The van der Waals surface area contributed by atoms with E-state index in [4.69, 9.17) is 11.5 Å². The third kappa shape index (κ3) is 3.30. The molecule has 0 spiro atoms. The molecule has 2 heteroatoms. The van der Waals surface area contributed by atoms with Crippen molar-refractivity contribution in [1.82, 2.24) is 0 Å². The summed E-state index contributed by atoms with van der Waals surface area (Å²) < 4.78 is 0. The topological polar surface area (TPSA) is 52.0 Å². The van der Waals surface area contributed by atoms with Gasteiger partial charge in [0.2, 0.25) is 0 Å². The lowest BCUT2D eigenvalue weighted by atomic mass is 9.89. The minimum Gasteiger partial charge on any atom is -0.399 e. The maximum absolute atomic E-state index is 6.00. The van der Waals surface area contributed by atoms with Crippen LogP contribution in [0.3, 0.4) is 0 Å². The SMILES string of the molecule is C=CCC(CCCC)c1cc(N)ccc1N. The number of benzene rings is 1. The van der Waals surface area contributed by atoms with Gasteiger partial charge in [-0.2, -0.15) is 0 Å². The van der Waals surface area contributed by atoms with Gasteiger partial charge in [0.1, 0.15) is 0 Å². The molecule has 16 heavy (non-hydrogen) atoms. The van der Waals surface area contributed by atoms with Crippen molar-refractivity contribution >= 4 is 11.4 Å². The molecule has 0 aliphatic carbocycles. The molecule has 0 heterocycles. The van der Waals surface area contributed by atoms with Crippen LogP contribution in [0.2, 0.25) is 0 Å². The van der Waals surface area contributed by atoms with E-state index in [0.29, 0.717) is 5.92 Å². The van der Waals surface area contributed by atoms with Crippen LogP contribution in [0.4, 0.5) is 11.4 Å². The molecule has 1 atom stereocenters. The van der Waals surface area contributed by atoms with Crippen molar-refractivity contribution in [3.8, 4) is 0 Å². The number of hydrogen-bond donors (Lipinski definition) is 2. The lowest BCUT2D eigenvalue weighted by Crippen LogP contribution is -2.03. The molecule has 0 aromatic heterocycles.